The van der Waals surface area contributed by atoms with Crippen LogP contribution in [0.25, 0.3) is 22.4 Å². The fraction of sp³-hybridized carbons (Fsp3) is 0.250. The number of para-hydroxylation sites is 1. The number of anilines is 1. The molecule has 0 aliphatic rings. The molecule has 0 saturated carbocycles. The van der Waals surface area contributed by atoms with Crippen molar-refractivity contribution in [2.24, 2.45) is 0 Å². The molecule has 0 atom stereocenters. The van der Waals surface area contributed by atoms with E-state index in [0.29, 0.717) is 5.82 Å². The average molecular weight is 267 g/mol. The van der Waals surface area contributed by atoms with Crippen LogP contribution < -0.4 is 5.32 Å². The van der Waals surface area contributed by atoms with Gasteiger partial charge in [-0.2, -0.15) is 0 Å². The molecule has 0 aliphatic carbocycles. The van der Waals surface area contributed by atoms with Gasteiger partial charge >= 0.3 is 0 Å². The zero-order valence-electron chi connectivity index (χ0n) is 11.7. The monoisotopic (exact) mass is 267 g/mol. The van der Waals surface area contributed by atoms with Gasteiger partial charge in [-0.05, 0) is 25.5 Å². The molecule has 0 fully saturated rings. The summed E-state index contributed by atoms with van der Waals surface area (Å²) in [5.74, 6) is 2.40. The summed E-state index contributed by atoms with van der Waals surface area (Å²) in [5.41, 5.74) is 1.84. The molecule has 0 amide bonds. The molecule has 20 heavy (non-hydrogen) atoms. The first-order valence-electron chi connectivity index (χ1n) is 6.85. The smallest absolute Gasteiger partial charge is 0.165 e. The predicted octanol–water partition coefficient (Wildman–Crippen LogP) is 4.02. The molecule has 2 heterocycles. The highest BCUT2D eigenvalue weighted by Crippen LogP contribution is 2.32. The lowest BCUT2D eigenvalue weighted by atomic mass is 10.1. The third-order valence-corrected chi connectivity index (χ3v) is 3.21. The first-order chi connectivity index (χ1) is 9.79. The number of fused-ring (bicyclic) bond motifs is 1. The maximum atomic E-state index is 5.77. The van der Waals surface area contributed by atoms with Crippen LogP contribution in [0.5, 0.6) is 0 Å². The van der Waals surface area contributed by atoms with Crippen LogP contribution >= 0.6 is 0 Å². The number of furan rings is 1. The highest BCUT2D eigenvalue weighted by atomic mass is 16.3. The predicted molar refractivity (Wildman–Crippen MR) is 80.8 cm³/mol. The maximum Gasteiger partial charge on any atom is 0.165 e. The quantitative estimate of drug-likeness (QED) is 0.775. The van der Waals surface area contributed by atoms with Crippen molar-refractivity contribution in [1.29, 1.82) is 0 Å². The average Bonchev–Trinajstić information content (AvgIpc) is 2.81. The van der Waals surface area contributed by atoms with E-state index in [1.165, 1.54) is 0 Å². The molecule has 0 radical (unpaired) electrons. The van der Waals surface area contributed by atoms with Gasteiger partial charge in [0.2, 0.25) is 0 Å². The maximum absolute atomic E-state index is 5.77. The van der Waals surface area contributed by atoms with Crippen molar-refractivity contribution in [3.05, 3.63) is 42.3 Å². The van der Waals surface area contributed by atoms with Gasteiger partial charge in [-0.15, -0.1) is 0 Å². The van der Waals surface area contributed by atoms with E-state index >= 15 is 0 Å². The van der Waals surface area contributed by atoms with Crippen LogP contribution in [0.1, 0.15) is 19.1 Å². The van der Waals surface area contributed by atoms with E-state index in [4.69, 9.17) is 4.42 Å². The van der Waals surface area contributed by atoms with Crippen LogP contribution in [0, 0.1) is 6.92 Å². The Morgan fingerprint density at radius 2 is 2.05 bits per heavy atom. The second-order valence-electron chi connectivity index (χ2n) is 4.72. The molecule has 2 aromatic heterocycles. The van der Waals surface area contributed by atoms with Crippen LogP contribution in [0.3, 0.4) is 0 Å². The summed E-state index contributed by atoms with van der Waals surface area (Å²) in [6.45, 7) is 4.98. The second kappa shape index (κ2) is 5.33. The van der Waals surface area contributed by atoms with Gasteiger partial charge in [0, 0.05) is 18.1 Å². The molecule has 1 N–H and O–H groups in total. The Bertz CT molecular complexity index is 733. The molecule has 0 aliphatic heterocycles. The SMILES string of the molecule is CCCNc1ccnc(-c2c(C)oc3ccccc23)n1. The van der Waals surface area contributed by atoms with Gasteiger partial charge in [0.1, 0.15) is 17.2 Å². The van der Waals surface area contributed by atoms with Crippen molar-refractivity contribution in [2.75, 3.05) is 11.9 Å². The largest absolute Gasteiger partial charge is 0.461 e. The van der Waals surface area contributed by atoms with E-state index in [9.17, 15) is 0 Å². The Labute approximate surface area is 117 Å². The number of rotatable bonds is 4. The summed E-state index contributed by atoms with van der Waals surface area (Å²) in [6.07, 6.45) is 2.84. The third kappa shape index (κ3) is 2.25. The lowest BCUT2D eigenvalue weighted by Gasteiger charge is -2.05. The van der Waals surface area contributed by atoms with E-state index in [-0.39, 0.29) is 0 Å². The van der Waals surface area contributed by atoms with E-state index < -0.39 is 0 Å². The Hall–Kier alpha value is -2.36. The summed E-state index contributed by atoms with van der Waals surface area (Å²) in [6, 6.07) is 9.85. The Morgan fingerprint density at radius 3 is 2.90 bits per heavy atom. The molecular formula is C16H17N3O. The lowest BCUT2D eigenvalue weighted by Crippen LogP contribution is -2.03. The summed E-state index contributed by atoms with van der Waals surface area (Å²) in [7, 11) is 0. The van der Waals surface area contributed by atoms with Gasteiger partial charge in [-0.3, -0.25) is 0 Å². The Kier molecular flexibility index (Phi) is 3.37. The van der Waals surface area contributed by atoms with E-state index in [1.54, 1.807) is 6.20 Å². The molecule has 1 aromatic carbocycles. The van der Waals surface area contributed by atoms with Crippen molar-refractivity contribution in [3.8, 4) is 11.4 Å². The number of benzene rings is 1. The minimum atomic E-state index is 0.702. The Morgan fingerprint density at radius 1 is 1.20 bits per heavy atom. The van der Waals surface area contributed by atoms with Gasteiger partial charge in [-0.25, -0.2) is 9.97 Å². The fourth-order valence-electron chi connectivity index (χ4n) is 2.28. The second-order valence-corrected chi connectivity index (χ2v) is 4.72. The molecule has 4 nitrogen and oxygen atoms in total. The summed E-state index contributed by atoms with van der Waals surface area (Å²) in [5, 5.41) is 4.34. The number of hydrogen-bond donors (Lipinski definition) is 1. The molecule has 0 unspecified atom stereocenters. The number of aryl methyl sites for hydroxylation is 1. The minimum absolute atomic E-state index is 0.702. The summed E-state index contributed by atoms with van der Waals surface area (Å²) < 4.78 is 5.77. The van der Waals surface area contributed by atoms with Crippen molar-refractivity contribution in [2.45, 2.75) is 20.3 Å². The van der Waals surface area contributed by atoms with E-state index in [1.807, 2.05) is 37.3 Å². The van der Waals surface area contributed by atoms with Crippen LogP contribution in [-0.2, 0) is 0 Å². The minimum Gasteiger partial charge on any atom is -0.461 e. The van der Waals surface area contributed by atoms with Crippen LogP contribution in [0.2, 0.25) is 0 Å². The zero-order valence-corrected chi connectivity index (χ0v) is 11.7. The molecule has 0 saturated heterocycles. The molecule has 0 bridgehead atoms. The normalized spacial score (nSPS) is 10.9. The van der Waals surface area contributed by atoms with Crippen LogP contribution in [-0.4, -0.2) is 16.5 Å². The van der Waals surface area contributed by atoms with Crippen molar-refractivity contribution in [1.82, 2.24) is 9.97 Å². The number of hydrogen-bond acceptors (Lipinski definition) is 4. The number of aromatic nitrogens is 2. The van der Waals surface area contributed by atoms with E-state index in [0.717, 1.165) is 41.1 Å². The standard InChI is InChI=1S/C16H17N3O/c1-3-9-17-14-8-10-18-16(19-14)15-11(2)20-13-7-5-4-6-12(13)15/h4-8,10H,3,9H2,1-2H3,(H,17,18,19). The first-order valence-corrected chi connectivity index (χ1v) is 6.85. The zero-order chi connectivity index (χ0) is 13.9. The highest BCUT2D eigenvalue weighted by molar-refractivity contribution is 5.93. The topological polar surface area (TPSA) is 51.0 Å². The van der Waals surface area contributed by atoms with Crippen molar-refractivity contribution < 1.29 is 4.42 Å². The number of nitrogens with zero attached hydrogens (tertiary/aromatic N) is 2. The van der Waals surface area contributed by atoms with Crippen LogP contribution in [0.15, 0.2) is 40.9 Å². The highest BCUT2D eigenvalue weighted by Gasteiger charge is 2.15. The van der Waals surface area contributed by atoms with Crippen molar-refractivity contribution in [3.63, 3.8) is 0 Å². The lowest BCUT2D eigenvalue weighted by molar-refractivity contribution is 0.579. The fourth-order valence-corrected chi connectivity index (χ4v) is 2.28. The molecule has 3 aromatic rings. The van der Waals surface area contributed by atoms with Gasteiger partial charge in [0.05, 0.1) is 5.56 Å². The molecule has 0 spiro atoms. The number of nitrogens with one attached hydrogen (secondary N) is 1. The van der Waals surface area contributed by atoms with Crippen LogP contribution in [0.4, 0.5) is 5.82 Å². The molecular weight excluding hydrogens is 250 g/mol. The molecule has 4 heteroatoms. The summed E-state index contributed by atoms with van der Waals surface area (Å²) >= 11 is 0. The third-order valence-electron chi connectivity index (χ3n) is 3.21. The van der Waals surface area contributed by atoms with Gasteiger partial charge in [-0.1, -0.05) is 25.1 Å². The first kappa shape index (κ1) is 12.7. The van der Waals surface area contributed by atoms with E-state index in [2.05, 4.69) is 22.2 Å². The van der Waals surface area contributed by atoms with Gasteiger partial charge in [0.25, 0.3) is 0 Å². The van der Waals surface area contributed by atoms with Gasteiger partial charge in [0.15, 0.2) is 5.82 Å². The Balaban J connectivity index is 2.08. The van der Waals surface area contributed by atoms with Gasteiger partial charge < -0.3 is 9.73 Å². The molecule has 3 rings (SSSR count). The van der Waals surface area contributed by atoms with Crippen molar-refractivity contribution >= 4 is 16.8 Å². The molecule has 102 valence electrons. The summed E-state index contributed by atoms with van der Waals surface area (Å²) in [4.78, 5) is 8.97.